The van der Waals surface area contributed by atoms with Crippen molar-refractivity contribution >= 4 is 15.9 Å². The standard InChI is InChI=1S/C12H17BrO/c1-3-14-12-8-4-6-11(10(12)2)7-5-9-13/h4,6,8H,3,5,7,9H2,1-2H3. The van der Waals surface area contributed by atoms with Crippen molar-refractivity contribution < 1.29 is 4.74 Å². The third-order valence-electron chi connectivity index (χ3n) is 2.28. The summed E-state index contributed by atoms with van der Waals surface area (Å²) in [6.45, 7) is 4.89. The molecule has 0 unspecified atom stereocenters. The topological polar surface area (TPSA) is 9.23 Å². The zero-order chi connectivity index (χ0) is 10.4. The van der Waals surface area contributed by atoms with E-state index in [2.05, 4.69) is 35.0 Å². The molecule has 0 saturated heterocycles. The van der Waals surface area contributed by atoms with Crippen LogP contribution < -0.4 is 4.74 Å². The van der Waals surface area contributed by atoms with Gasteiger partial charge in [-0.25, -0.2) is 0 Å². The fourth-order valence-electron chi connectivity index (χ4n) is 1.50. The Kier molecular flexibility index (Phi) is 5.02. The van der Waals surface area contributed by atoms with Crippen molar-refractivity contribution in [3.63, 3.8) is 0 Å². The lowest BCUT2D eigenvalue weighted by atomic mass is 10.0. The summed E-state index contributed by atoms with van der Waals surface area (Å²) in [5.41, 5.74) is 2.69. The first kappa shape index (κ1) is 11.6. The van der Waals surface area contributed by atoms with Crippen LogP contribution in [-0.4, -0.2) is 11.9 Å². The minimum absolute atomic E-state index is 0.739. The maximum absolute atomic E-state index is 5.55. The lowest BCUT2D eigenvalue weighted by Crippen LogP contribution is -1.97. The van der Waals surface area contributed by atoms with Gasteiger partial charge in [0.15, 0.2) is 0 Å². The number of benzene rings is 1. The number of halogens is 1. The molecule has 1 aromatic carbocycles. The molecule has 0 aliphatic carbocycles. The average Bonchev–Trinajstić information content (AvgIpc) is 2.20. The zero-order valence-electron chi connectivity index (χ0n) is 8.85. The SMILES string of the molecule is CCOc1cccc(CCCBr)c1C. The highest BCUT2D eigenvalue weighted by molar-refractivity contribution is 9.09. The number of rotatable bonds is 5. The van der Waals surface area contributed by atoms with Crippen molar-refractivity contribution in [2.75, 3.05) is 11.9 Å². The maximum atomic E-state index is 5.55. The van der Waals surface area contributed by atoms with Crippen LogP contribution in [0.25, 0.3) is 0 Å². The molecule has 0 aromatic heterocycles. The fourth-order valence-corrected chi connectivity index (χ4v) is 1.78. The summed E-state index contributed by atoms with van der Waals surface area (Å²) in [7, 11) is 0. The highest BCUT2D eigenvalue weighted by atomic mass is 79.9. The second-order valence-corrected chi connectivity index (χ2v) is 4.06. The van der Waals surface area contributed by atoms with E-state index in [1.807, 2.05) is 13.0 Å². The van der Waals surface area contributed by atoms with Gasteiger partial charge in [0.25, 0.3) is 0 Å². The fraction of sp³-hybridized carbons (Fsp3) is 0.500. The van der Waals surface area contributed by atoms with Crippen LogP contribution in [0.1, 0.15) is 24.5 Å². The van der Waals surface area contributed by atoms with Crippen LogP contribution in [0.2, 0.25) is 0 Å². The largest absolute Gasteiger partial charge is 0.494 e. The molecule has 0 fully saturated rings. The van der Waals surface area contributed by atoms with Crippen molar-refractivity contribution in [1.82, 2.24) is 0 Å². The Morgan fingerprint density at radius 3 is 2.79 bits per heavy atom. The van der Waals surface area contributed by atoms with Crippen LogP contribution in [0.4, 0.5) is 0 Å². The van der Waals surface area contributed by atoms with E-state index >= 15 is 0 Å². The summed E-state index contributed by atoms with van der Waals surface area (Å²) in [5.74, 6) is 1.03. The summed E-state index contributed by atoms with van der Waals surface area (Å²) in [6, 6.07) is 6.29. The van der Waals surface area contributed by atoms with Gasteiger partial charge in [-0.1, -0.05) is 28.1 Å². The first-order chi connectivity index (χ1) is 6.79. The molecule has 0 spiro atoms. The molecule has 0 atom stereocenters. The minimum atomic E-state index is 0.739. The molecule has 0 amide bonds. The number of aryl methyl sites for hydroxylation is 1. The van der Waals surface area contributed by atoms with Crippen molar-refractivity contribution in [2.45, 2.75) is 26.7 Å². The summed E-state index contributed by atoms with van der Waals surface area (Å²) in [6.07, 6.45) is 2.30. The number of ether oxygens (including phenoxy) is 1. The van der Waals surface area contributed by atoms with Crippen molar-refractivity contribution in [3.05, 3.63) is 29.3 Å². The van der Waals surface area contributed by atoms with Gasteiger partial charge in [0, 0.05) is 5.33 Å². The average molecular weight is 257 g/mol. The molecule has 0 radical (unpaired) electrons. The normalized spacial score (nSPS) is 10.2. The minimum Gasteiger partial charge on any atom is -0.494 e. The molecule has 2 heteroatoms. The van der Waals surface area contributed by atoms with E-state index < -0.39 is 0 Å². The van der Waals surface area contributed by atoms with Gasteiger partial charge in [-0.15, -0.1) is 0 Å². The van der Waals surface area contributed by atoms with Gasteiger partial charge in [0.1, 0.15) is 5.75 Å². The molecule has 14 heavy (non-hydrogen) atoms. The lowest BCUT2D eigenvalue weighted by molar-refractivity contribution is 0.337. The molecule has 0 saturated carbocycles. The van der Waals surface area contributed by atoms with E-state index in [1.165, 1.54) is 17.5 Å². The van der Waals surface area contributed by atoms with Crippen LogP contribution in [-0.2, 0) is 6.42 Å². The molecule has 1 aromatic rings. The third-order valence-corrected chi connectivity index (χ3v) is 2.84. The van der Waals surface area contributed by atoms with Crippen LogP contribution in [0.15, 0.2) is 18.2 Å². The molecular formula is C12H17BrO. The van der Waals surface area contributed by atoms with Crippen molar-refractivity contribution in [2.24, 2.45) is 0 Å². The van der Waals surface area contributed by atoms with E-state index in [9.17, 15) is 0 Å². The monoisotopic (exact) mass is 256 g/mol. The first-order valence-electron chi connectivity index (χ1n) is 5.06. The lowest BCUT2D eigenvalue weighted by Gasteiger charge is -2.10. The van der Waals surface area contributed by atoms with Crippen LogP contribution in [0.5, 0.6) is 5.75 Å². The highest BCUT2D eigenvalue weighted by Crippen LogP contribution is 2.22. The van der Waals surface area contributed by atoms with Gasteiger partial charge in [-0.3, -0.25) is 0 Å². The Labute approximate surface area is 94.6 Å². The molecule has 0 aliphatic heterocycles. The van der Waals surface area contributed by atoms with Gasteiger partial charge >= 0.3 is 0 Å². The van der Waals surface area contributed by atoms with Gasteiger partial charge < -0.3 is 4.74 Å². The molecule has 0 heterocycles. The van der Waals surface area contributed by atoms with Gasteiger partial charge in [-0.2, -0.15) is 0 Å². The summed E-state index contributed by atoms with van der Waals surface area (Å²) in [5, 5.41) is 1.06. The Hall–Kier alpha value is -0.500. The molecular weight excluding hydrogens is 240 g/mol. The first-order valence-corrected chi connectivity index (χ1v) is 6.19. The Morgan fingerprint density at radius 1 is 1.36 bits per heavy atom. The van der Waals surface area contributed by atoms with E-state index in [4.69, 9.17) is 4.74 Å². The highest BCUT2D eigenvalue weighted by Gasteiger charge is 2.03. The second kappa shape index (κ2) is 6.07. The number of hydrogen-bond acceptors (Lipinski definition) is 1. The smallest absolute Gasteiger partial charge is 0.122 e. The molecule has 78 valence electrons. The molecule has 1 nitrogen and oxygen atoms in total. The maximum Gasteiger partial charge on any atom is 0.122 e. The molecule has 1 rings (SSSR count). The Bertz CT molecular complexity index is 284. The van der Waals surface area contributed by atoms with Crippen LogP contribution in [0.3, 0.4) is 0 Å². The third kappa shape index (κ3) is 3.02. The van der Waals surface area contributed by atoms with Gasteiger partial charge in [-0.05, 0) is 43.9 Å². The van der Waals surface area contributed by atoms with Gasteiger partial charge in [0.2, 0.25) is 0 Å². The number of alkyl halides is 1. The van der Waals surface area contributed by atoms with Gasteiger partial charge in [0.05, 0.1) is 6.61 Å². The summed E-state index contributed by atoms with van der Waals surface area (Å²) < 4.78 is 5.55. The molecule has 0 bridgehead atoms. The predicted octanol–water partition coefficient (Wildman–Crippen LogP) is 3.72. The predicted molar refractivity (Wildman–Crippen MR) is 64.5 cm³/mol. The Balaban J connectivity index is 2.78. The van der Waals surface area contributed by atoms with Crippen molar-refractivity contribution in [3.8, 4) is 5.75 Å². The van der Waals surface area contributed by atoms with E-state index in [0.717, 1.165) is 24.1 Å². The second-order valence-electron chi connectivity index (χ2n) is 3.27. The van der Waals surface area contributed by atoms with E-state index in [-0.39, 0.29) is 0 Å². The van der Waals surface area contributed by atoms with E-state index in [1.54, 1.807) is 0 Å². The van der Waals surface area contributed by atoms with Crippen molar-refractivity contribution in [1.29, 1.82) is 0 Å². The summed E-state index contributed by atoms with van der Waals surface area (Å²) >= 11 is 3.45. The van der Waals surface area contributed by atoms with Crippen LogP contribution in [0, 0.1) is 6.92 Å². The molecule has 0 N–H and O–H groups in total. The zero-order valence-corrected chi connectivity index (χ0v) is 10.4. The molecule has 0 aliphatic rings. The van der Waals surface area contributed by atoms with E-state index in [0.29, 0.717) is 0 Å². The quantitative estimate of drug-likeness (QED) is 0.730. The Morgan fingerprint density at radius 2 is 2.14 bits per heavy atom. The number of hydrogen-bond donors (Lipinski definition) is 0. The van der Waals surface area contributed by atoms with Crippen LogP contribution >= 0.6 is 15.9 Å². The summed E-state index contributed by atoms with van der Waals surface area (Å²) in [4.78, 5) is 0.